The van der Waals surface area contributed by atoms with Crippen molar-refractivity contribution in [2.24, 2.45) is 5.41 Å². The van der Waals surface area contributed by atoms with Gasteiger partial charge >= 0.3 is 0 Å². The Morgan fingerprint density at radius 1 is 1.31 bits per heavy atom. The first-order valence-corrected chi connectivity index (χ1v) is 5.59. The van der Waals surface area contributed by atoms with E-state index in [1.54, 1.807) is 0 Å². The molecule has 0 saturated carbocycles. The quantitative estimate of drug-likeness (QED) is 0.766. The van der Waals surface area contributed by atoms with Crippen molar-refractivity contribution in [3.63, 3.8) is 0 Å². The van der Waals surface area contributed by atoms with Gasteiger partial charge in [0.15, 0.2) is 0 Å². The second kappa shape index (κ2) is 5.01. The number of hydrogen-bond donors (Lipinski definition) is 2. The second-order valence-corrected chi connectivity index (χ2v) is 4.63. The van der Waals surface area contributed by atoms with Crippen molar-refractivity contribution in [2.45, 2.75) is 34.1 Å². The molecule has 0 bridgehead atoms. The average molecular weight is 220 g/mol. The Kier molecular flexibility index (Phi) is 3.93. The van der Waals surface area contributed by atoms with Crippen LogP contribution in [0.4, 0.5) is 5.69 Å². The molecule has 0 fully saturated rings. The highest BCUT2D eigenvalue weighted by Crippen LogP contribution is 2.19. The number of anilines is 1. The third-order valence-electron chi connectivity index (χ3n) is 2.95. The van der Waals surface area contributed by atoms with Crippen molar-refractivity contribution >= 4 is 11.6 Å². The number of benzene rings is 1. The molecule has 0 unspecified atom stereocenters. The largest absolute Gasteiger partial charge is 0.298 e. The van der Waals surface area contributed by atoms with Crippen LogP contribution in [0.2, 0.25) is 0 Å². The van der Waals surface area contributed by atoms with Crippen LogP contribution in [0.3, 0.4) is 0 Å². The summed E-state index contributed by atoms with van der Waals surface area (Å²) in [6, 6.07) is 7.85. The van der Waals surface area contributed by atoms with Crippen LogP contribution in [0.1, 0.15) is 32.8 Å². The molecule has 0 spiro atoms. The molecule has 0 heterocycles. The Labute approximate surface area is 97.2 Å². The molecule has 1 aromatic carbocycles. The topological polar surface area (TPSA) is 41.1 Å². The fourth-order valence-corrected chi connectivity index (χ4v) is 1.17. The molecule has 0 aliphatic rings. The van der Waals surface area contributed by atoms with Gasteiger partial charge in [0.2, 0.25) is 5.91 Å². The van der Waals surface area contributed by atoms with Gasteiger partial charge < -0.3 is 0 Å². The molecule has 2 N–H and O–H groups in total. The molecular formula is C13H20N2O. The number of hydrogen-bond acceptors (Lipinski definition) is 2. The Morgan fingerprint density at radius 3 is 2.50 bits per heavy atom. The average Bonchev–Trinajstić information content (AvgIpc) is 2.27. The maximum atomic E-state index is 11.8. The minimum atomic E-state index is -0.338. The van der Waals surface area contributed by atoms with E-state index in [-0.39, 0.29) is 11.3 Å². The molecular weight excluding hydrogens is 200 g/mol. The zero-order chi connectivity index (χ0) is 12.2. The van der Waals surface area contributed by atoms with Crippen LogP contribution < -0.4 is 10.9 Å². The number of aryl methyl sites for hydroxylation is 1. The van der Waals surface area contributed by atoms with Crippen molar-refractivity contribution in [3.8, 4) is 0 Å². The normalized spacial score (nSPS) is 11.0. The zero-order valence-electron chi connectivity index (χ0n) is 10.4. The van der Waals surface area contributed by atoms with Gasteiger partial charge in [0.25, 0.3) is 0 Å². The molecule has 0 aromatic heterocycles. The SMILES string of the molecule is CCC(C)(C)C(=O)NNc1ccccc1C. The summed E-state index contributed by atoms with van der Waals surface area (Å²) in [6.45, 7) is 7.87. The van der Waals surface area contributed by atoms with Gasteiger partial charge in [-0.05, 0) is 25.0 Å². The number of nitrogens with one attached hydrogen (secondary N) is 2. The maximum Gasteiger partial charge on any atom is 0.243 e. The molecule has 16 heavy (non-hydrogen) atoms. The summed E-state index contributed by atoms with van der Waals surface area (Å²) in [7, 11) is 0. The van der Waals surface area contributed by atoms with Gasteiger partial charge in [0.05, 0.1) is 5.69 Å². The van der Waals surface area contributed by atoms with E-state index in [2.05, 4.69) is 10.9 Å². The summed E-state index contributed by atoms with van der Waals surface area (Å²) < 4.78 is 0. The standard InChI is InChI=1S/C13H20N2O/c1-5-13(3,4)12(16)15-14-11-9-7-6-8-10(11)2/h6-9,14H,5H2,1-4H3,(H,15,16). The number of carbonyl (C=O) groups is 1. The van der Waals surface area contributed by atoms with Crippen LogP contribution in [0.5, 0.6) is 0 Å². The van der Waals surface area contributed by atoms with Gasteiger partial charge in [0.1, 0.15) is 0 Å². The summed E-state index contributed by atoms with van der Waals surface area (Å²) in [6.07, 6.45) is 0.814. The predicted octanol–water partition coefficient (Wildman–Crippen LogP) is 2.87. The van der Waals surface area contributed by atoms with E-state index < -0.39 is 0 Å². The summed E-state index contributed by atoms with van der Waals surface area (Å²) in [4.78, 5) is 11.8. The highest BCUT2D eigenvalue weighted by atomic mass is 16.2. The van der Waals surface area contributed by atoms with E-state index in [1.165, 1.54) is 0 Å². The van der Waals surface area contributed by atoms with Crippen LogP contribution >= 0.6 is 0 Å². The fourth-order valence-electron chi connectivity index (χ4n) is 1.17. The molecule has 1 rings (SSSR count). The molecule has 3 nitrogen and oxygen atoms in total. The molecule has 0 atom stereocenters. The number of rotatable bonds is 4. The van der Waals surface area contributed by atoms with Crippen LogP contribution in [0.15, 0.2) is 24.3 Å². The lowest BCUT2D eigenvalue weighted by atomic mass is 9.90. The number of carbonyl (C=O) groups excluding carboxylic acids is 1. The molecule has 88 valence electrons. The summed E-state index contributed by atoms with van der Waals surface area (Å²) in [5.74, 6) is 0.0123. The molecule has 3 heteroatoms. The molecule has 0 saturated heterocycles. The first kappa shape index (κ1) is 12.6. The van der Waals surface area contributed by atoms with Gasteiger partial charge in [-0.2, -0.15) is 0 Å². The Bertz CT molecular complexity index is 372. The number of para-hydroxylation sites is 1. The minimum Gasteiger partial charge on any atom is -0.298 e. The van der Waals surface area contributed by atoms with Crippen molar-refractivity contribution in [3.05, 3.63) is 29.8 Å². The highest BCUT2D eigenvalue weighted by molar-refractivity contribution is 5.82. The first-order chi connectivity index (χ1) is 7.47. The first-order valence-electron chi connectivity index (χ1n) is 5.59. The van der Waals surface area contributed by atoms with Crippen molar-refractivity contribution in [1.82, 2.24) is 5.43 Å². The number of amides is 1. The van der Waals surface area contributed by atoms with Crippen LogP contribution in [0.25, 0.3) is 0 Å². The van der Waals surface area contributed by atoms with Gasteiger partial charge in [-0.1, -0.05) is 39.0 Å². The van der Waals surface area contributed by atoms with Gasteiger partial charge in [-0.15, -0.1) is 0 Å². The molecule has 1 aromatic rings. The number of hydrazine groups is 1. The third kappa shape index (κ3) is 2.99. The van der Waals surface area contributed by atoms with Crippen LogP contribution in [-0.4, -0.2) is 5.91 Å². The Morgan fingerprint density at radius 2 is 1.94 bits per heavy atom. The van der Waals surface area contributed by atoms with Gasteiger partial charge in [-0.25, -0.2) is 0 Å². The summed E-state index contributed by atoms with van der Waals surface area (Å²) in [5, 5.41) is 0. The van der Waals surface area contributed by atoms with Gasteiger partial charge in [-0.3, -0.25) is 15.6 Å². The van der Waals surface area contributed by atoms with E-state index in [0.29, 0.717) is 0 Å². The van der Waals surface area contributed by atoms with E-state index in [0.717, 1.165) is 17.7 Å². The van der Waals surface area contributed by atoms with E-state index >= 15 is 0 Å². The summed E-state index contributed by atoms with van der Waals surface area (Å²) >= 11 is 0. The highest BCUT2D eigenvalue weighted by Gasteiger charge is 2.24. The lowest BCUT2D eigenvalue weighted by molar-refractivity contribution is -0.128. The molecule has 1 amide bonds. The zero-order valence-corrected chi connectivity index (χ0v) is 10.4. The Hall–Kier alpha value is -1.51. The predicted molar refractivity (Wildman–Crippen MR) is 67.0 cm³/mol. The molecule has 0 aliphatic carbocycles. The van der Waals surface area contributed by atoms with Gasteiger partial charge in [0, 0.05) is 5.41 Å². The lowest BCUT2D eigenvalue weighted by Crippen LogP contribution is -2.39. The molecule has 0 radical (unpaired) electrons. The van der Waals surface area contributed by atoms with Crippen molar-refractivity contribution < 1.29 is 4.79 Å². The lowest BCUT2D eigenvalue weighted by Gasteiger charge is -2.22. The molecule has 0 aliphatic heterocycles. The van der Waals surface area contributed by atoms with Crippen LogP contribution in [-0.2, 0) is 4.79 Å². The van der Waals surface area contributed by atoms with Crippen molar-refractivity contribution in [1.29, 1.82) is 0 Å². The fraction of sp³-hybridized carbons (Fsp3) is 0.462. The van der Waals surface area contributed by atoms with Crippen LogP contribution in [0, 0.1) is 12.3 Å². The maximum absolute atomic E-state index is 11.8. The summed E-state index contributed by atoms with van der Waals surface area (Å²) in [5.41, 5.74) is 7.40. The Balaban J connectivity index is 2.59. The minimum absolute atomic E-state index is 0.0123. The second-order valence-electron chi connectivity index (χ2n) is 4.63. The van der Waals surface area contributed by atoms with Crippen molar-refractivity contribution in [2.75, 3.05) is 5.43 Å². The van der Waals surface area contributed by atoms with E-state index in [1.807, 2.05) is 52.0 Å². The van der Waals surface area contributed by atoms with E-state index in [9.17, 15) is 4.79 Å². The monoisotopic (exact) mass is 220 g/mol. The van der Waals surface area contributed by atoms with E-state index in [4.69, 9.17) is 0 Å². The third-order valence-corrected chi connectivity index (χ3v) is 2.95. The smallest absolute Gasteiger partial charge is 0.243 e.